The lowest BCUT2D eigenvalue weighted by atomic mass is 9.96. The Hall–Kier alpha value is -1.30. The third-order valence-electron chi connectivity index (χ3n) is 2.67. The van der Waals surface area contributed by atoms with Crippen LogP contribution in [0.5, 0.6) is 0 Å². The number of nitrogens with one attached hydrogen (secondary N) is 2. The number of carbonyl (C=O) groups excluding carboxylic acids is 1. The number of urea groups is 1. The fraction of sp³-hybridized carbons (Fsp3) is 0.833. The highest BCUT2D eigenvalue weighted by Gasteiger charge is 2.21. The van der Waals surface area contributed by atoms with Gasteiger partial charge >= 0.3 is 12.0 Å². The molecule has 6 nitrogen and oxygen atoms in total. The average molecular weight is 259 g/mol. The summed E-state index contributed by atoms with van der Waals surface area (Å²) in [4.78, 5) is 24.4. The first-order valence-electron chi connectivity index (χ1n) is 6.23. The van der Waals surface area contributed by atoms with Crippen molar-refractivity contribution < 1.29 is 14.7 Å². The van der Waals surface area contributed by atoms with Crippen molar-refractivity contribution in [2.24, 2.45) is 11.8 Å². The normalized spacial score (nSPS) is 12.6. The SMILES string of the molecule is CC(C)C(CNC(=O)NCCCN(C)C)C(=O)O. The standard InChI is InChI=1S/C12H25N3O3/c1-9(2)10(11(16)17)8-14-12(18)13-6-5-7-15(3)4/h9-10H,5-8H2,1-4H3,(H,16,17)(H2,13,14,18). The number of carboxylic acid groups (broad SMARTS) is 1. The van der Waals surface area contributed by atoms with Crippen LogP contribution < -0.4 is 10.6 Å². The lowest BCUT2D eigenvalue weighted by Crippen LogP contribution is -2.41. The highest BCUT2D eigenvalue weighted by Crippen LogP contribution is 2.09. The fourth-order valence-corrected chi connectivity index (χ4v) is 1.47. The number of nitrogens with zero attached hydrogens (tertiary/aromatic N) is 1. The zero-order valence-corrected chi connectivity index (χ0v) is 11.7. The van der Waals surface area contributed by atoms with E-state index in [-0.39, 0.29) is 18.5 Å². The van der Waals surface area contributed by atoms with Crippen LogP contribution in [-0.2, 0) is 4.79 Å². The number of hydrogen-bond acceptors (Lipinski definition) is 3. The molecular formula is C12H25N3O3. The van der Waals surface area contributed by atoms with E-state index < -0.39 is 11.9 Å². The Labute approximate surface area is 109 Å². The molecular weight excluding hydrogens is 234 g/mol. The Morgan fingerprint density at radius 2 is 1.83 bits per heavy atom. The lowest BCUT2D eigenvalue weighted by Gasteiger charge is -2.17. The van der Waals surface area contributed by atoms with Crippen LogP contribution in [0.4, 0.5) is 4.79 Å². The summed E-state index contributed by atoms with van der Waals surface area (Å²) in [6.45, 7) is 5.31. The number of carboxylic acids is 1. The summed E-state index contributed by atoms with van der Waals surface area (Å²) < 4.78 is 0. The van der Waals surface area contributed by atoms with Crippen LogP contribution in [0, 0.1) is 11.8 Å². The van der Waals surface area contributed by atoms with Gasteiger partial charge in [0.1, 0.15) is 0 Å². The Balaban J connectivity index is 3.78. The molecule has 0 saturated carbocycles. The second-order valence-corrected chi connectivity index (χ2v) is 4.98. The van der Waals surface area contributed by atoms with Crippen molar-refractivity contribution in [1.82, 2.24) is 15.5 Å². The molecule has 3 N–H and O–H groups in total. The smallest absolute Gasteiger partial charge is 0.314 e. The molecule has 0 aliphatic rings. The largest absolute Gasteiger partial charge is 0.481 e. The number of amides is 2. The van der Waals surface area contributed by atoms with Gasteiger partial charge in [0.15, 0.2) is 0 Å². The zero-order valence-electron chi connectivity index (χ0n) is 11.7. The van der Waals surface area contributed by atoms with E-state index in [9.17, 15) is 9.59 Å². The van der Waals surface area contributed by atoms with Gasteiger partial charge in [0.25, 0.3) is 0 Å². The molecule has 0 bridgehead atoms. The van der Waals surface area contributed by atoms with Gasteiger partial charge in [-0.2, -0.15) is 0 Å². The van der Waals surface area contributed by atoms with Crippen LogP contribution >= 0.6 is 0 Å². The van der Waals surface area contributed by atoms with Crippen LogP contribution in [0.2, 0.25) is 0 Å². The molecule has 0 saturated heterocycles. The molecule has 0 fully saturated rings. The van der Waals surface area contributed by atoms with E-state index in [0.717, 1.165) is 13.0 Å². The molecule has 0 aromatic rings. The molecule has 1 unspecified atom stereocenters. The summed E-state index contributed by atoms with van der Waals surface area (Å²) in [6, 6.07) is -0.305. The molecule has 18 heavy (non-hydrogen) atoms. The first-order valence-corrected chi connectivity index (χ1v) is 6.23. The van der Waals surface area contributed by atoms with Gasteiger partial charge in [0.2, 0.25) is 0 Å². The number of rotatable bonds is 8. The van der Waals surface area contributed by atoms with E-state index in [0.29, 0.717) is 6.54 Å². The summed E-state index contributed by atoms with van der Waals surface area (Å²) in [7, 11) is 3.94. The fourth-order valence-electron chi connectivity index (χ4n) is 1.47. The molecule has 1 atom stereocenters. The molecule has 106 valence electrons. The highest BCUT2D eigenvalue weighted by atomic mass is 16.4. The predicted octanol–water partition coefficient (Wildman–Crippen LogP) is 0.594. The van der Waals surface area contributed by atoms with Gasteiger partial charge in [0, 0.05) is 13.1 Å². The number of carbonyl (C=O) groups is 2. The van der Waals surface area contributed by atoms with Crippen LogP contribution in [0.25, 0.3) is 0 Å². The maximum atomic E-state index is 11.4. The van der Waals surface area contributed by atoms with E-state index in [1.807, 2.05) is 32.8 Å². The predicted molar refractivity (Wildman–Crippen MR) is 70.5 cm³/mol. The first kappa shape index (κ1) is 16.7. The van der Waals surface area contributed by atoms with Crippen molar-refractivity contribution in [1.29, 1.82) is 0 Å². The topological polar surface area (TPSA) is 81.7 Å². The quantitative estimate of drug-likeness (QED) is 0.557. The van der Waals surface area contributed by atoms with Gasteiger partial charge in [0.05, 0.1) is 5.92 Å². The van der Waals surface area contributed by atoms with Gasteiger partial charge in [-0.3, -0.25) is 4.79 Å². The third kappa shape index (κ3) is 7.89. The van der Waals surface area contributed by atoms with Crippen molar-refractivity contribution >= 4 is 12.0 Å². The average Bonchev–Trinajstić information content (AvgIpc) is 2.23. The zero-order chi connectivity index (χ0) is 14.1. The van der Waals surface area contributed by atoms with Crippen LogP contribution in [0.1, 0.15) is 20.3 Å². The minimum absolute atomic E-state index is 0.00320. The van der Waals surface area contributed by atoms with Gasteiger partial charge in [-0.05, 0) is 33.0 Å². The molecule has 2 amide bonds. The van der Waals surface area contributed by atoms with Crippen molar-refractivity contribution in [2.75, 3.05) is 33.7 Å². The van der Waals surface area contributed by atoms with Crippen molar-refractivity contribution in [3.8, 4) is 0 Å². The Kier molecular flexibility index (Phi) is 8.11. The molecule has 0 aliphatic heterocycles. The first-order chi connectivity index (χ1) is 8.34. The summed E-state index contributed by atoms with van der Waals surface area (Å²) in [5.74, 6) is -1.42. The van der Waals surface area contributed by atoms with Gasteiger partial charge in [-0.15, -0.1) is 0 Å². The van der Waals surface area contributed by atoms with Crippen molar-refractivity contribution in [3.63, 3.8) is 0 Å². The van der Waals surface area contributed by atoms with Crippen molar-refractivity contribution in [2.45, 2.75) is 20.3 Å². The molecule has 0 aromatic carbocycles. The van der Waals surface area contributed by atoms with E-state index in [1.54, 1.807) is 0 Å². The van der Waals surface area contributed by atoms with Crippen LogP contribution in [0.3, 0.4) is 0 Å². The maximum Gasteiger partial charge on any atom is 0.314 e. The van der Waals surface area contributed by atoms with E-state index >= 15 is 0 Å². The summed E-state index contributed by atoms with van der Waals surface area (Å²) >= 11 is 0. The highest BCUT2D eigenvalue weighted by molar-refractivity contribution is 5.75. The lowest BCUT2D eigenvalue weighted by molar-refractivity contribution is -0.142. The maximum absolute atomic E-state index is 11.4. The van der Waals surface area contributed by atoms with Crippen molar-refractivity contribution in [3.05, 3.63) is 0 Å². The molecule has 6 heteroatoms. The minimum atomic E-state index is -0.877. The van der Waals surface area contributed by atoms with Gasteiger partial charge < -0.3 is 20.6 Å². The molecule has 0 aromatic heterocycles. The number of hydrogen-bond donors (Lipinski definition) is 3. The van der Waals surface area contributed by atoms with Crippen LogP contribution in [-0.4, -0.2) is 55.7 Å². The Morgan fingerprint density at radius 1 is 1.22 bits per heavy atom. The summed E-state index contributed by atoms with van der Waals surface area (Å²) in [6.07, 6.45) is 0.868. The summed E-state index contributed by atoms with van der Waals surface area (Å²) in [5.41, 5.74) is 0. The number of aliphatic carboxylic acids is 1. The van der Waals surface area contributed by atoms with E-state index in [1.165, 1.54) is 0 Å². The summed E-state index contributed by atoms with van der Waals surface area (Å²) in [5, 5.41) is 14.2. The van der Waals surface area contributed by atoms with E-state index in [2.05, 4.69) is 10.6 Å². The third-order valence-corrected chi connectivity index (χ3v) is 2.67. The monoisotopic (exact) mass is 259 g/mol. The second-order valence-electron chi connectivity index (χ2n) is 4.98. The molecule has 0 aliphatic carbocycles. The Bertz CT molecular complexity index is 267. The molecule has 0 rings (SSSR count). The minimum Gasteiger partial charge on any atom is -0.481 e. The molecule has 0 radical (unpaired) electrons. The van der Waals surface area contributed by atoms with Gasteiger partial charge in [-0.1, -0.05) is 13.8 Å². The van der Waals surface area contributed by atoms with E-state index in [4.69, 9.17) is 5.11 Å². The van der Waals surface area contributed by atoms with Crippen LogP contribution in [0.15, 0.2) is 0 Å². The molecule has 0 heterocycles. The van der Waals surface area contributed by atoms with Gasteiger partial charge in [-0.25, -0.2) is 4.79 Å². The Morgan fingerprint density at radius 3 is 2.28 bits per heavy atom. The second kappa shape index (κ2) is 8.74. The molecule has 0 spiro atoms.